The lowest BCUT2D eigenvalue weighted by molar-refractivity contribution is 0.228. The zero-order valence-corrected chi connectivity index (χ0v) is 10.5. The van der Waals surface area contributed by atoms with Crippen molar-refractivity contribution in [2.75, 3.05) is 13.1 Å². The summed E-state index contributed by atoms with van der Waals surface area (Å²) in [6, 6.07) is 9.92. The highest BCUT2D eigenvalue weighted by atomic mass is 16.4. The summed E-state index contributed by atoms with van der Waals surface area (Å²) in [6.45, 7) is 4.60. The van der Waals surface area contributed by atoms with E-state index in [4.69, 9.17) is 10.5 Å². The van der Waals surface area contributed by atoms with Crippen molar-refractivity contribution in [3.05, 3.63) is 35.4 Å². The van der Waals surface area contributed by atoms with Gasteiger partial charge in [-0.15, -0.1) is 0 Å². The molecule has 1 fully saturated rings. The van der Waals surface area contributed by atoms with Crippen LogP contribution in [0.4, 0.5) is 0 Å². The highest BCUT2D eigenvalue weighted by molar-refractivity contribution is 5.86. The predicted octanol–water partition coefficient (Wildman–Crippen LogP) is 2.23. The average molecular weight is 243 g/mol. The number of likely N-dealkylation sites (tertiary alicyclic amines) is 1. The van der Waals surface area contributed by atoms with Gasteiger partial charge in [-0.05, 0) is 11.6 Å². The minimum Gasteiger partial charge on any atom is -0.411 e. The molecule has 0 amide bonds. The van der Waals surface area contributed by atoms with Crippen LogP contribution in [0.15, 0.2) is 29.4 Å². The predicted molar refractivity (Wildman–Crippen MR) is 69.4 cm³/mol. The Morgan fingerprint density at radius 1 is 1.50 bits per heavy atom. The number of piperidine rings is 1. The second-order valence-electron chi connectivity index (χ2n) is 4.75. The summed E-state index contributed by atoms with van der Waals surface area (Å²) in [5, 5.41) is 21.2. The van der Waals surface area contributed by atoms with Gasteiger partial charge in [-0.25, -0.2) is 0 Å². The van der Waals surface area contributed by atoms with E-state index in [-0.39, 0.29) is 5.92 Å². The lowest BCUT2D eigenvalue weighted by Crippen LogP contribution is -2.39. The third kappa shape index (κ3) is 2.69. The average Bonchev–Trinajstić information content (AvgIpc) is 2.39. The molecule has 0 aromatic heterocycles. The number of oxime groups is 1. The van der Waals surface area contributed by atoms with Gasteiger partial charge in [-0.3, -0.25) is 4.90 Å². The van der Waals surface area contributed by atoms with E-state index in [1.54, 1.807) is 0 Å². The maximum atomic E-state index is 9.06. The van der Waals surface area contributed by atoms with E-state index in [1.807, 2.05) is 24.3 Å². The Hall–Kier alpha value is -1.86. The maximum Gasteiger partial charge on any atom is 0.0995 e. The number of hydrogen-bond donors (Lipinski definition) is 1. The van der Waals surface area contributed by atoms with E-state index < -0.39 is 0 Å². The lowest BCUT2D eigenvalue weighted by Gasteiger charge is -2.31. The summed E-state index contributed by atoms with van der Waals surface area (Å²) in [4.78, 5) is 2.30. The Kier molecular flexibility index (Phi) is 3.96. The molecule has 1 aliphatic heterocycles. The fraction of sp³-hybridized carbons (Fsp3) is 0.429. The van der Waals surface area contributed by atoms with Crippen LogP contribution in [0.25, 0.3) is 0 Å². The van der Waals surface area contributed by atoms with Crippen molar-refractivity contribution in [1.29, 1.82) is 5.26 Å². The monoisotopic (exact) mass is 243 g/mol. The molecule has 1 heterocycles. The molecular formula is C14H17N3O. The molecule has 0 spiro atoms. The first-order valence-electron chi connectivity index (χ1n) is 6.15. The van der Waals surface area contributed by atoms with Crippen LogP contribution in [0, 0.1) is 17.2 Å². The molecule has 0 bridgehead atoms. The first-order chi connectivity index (χ1) is 8.74. The van der Waals surface area contributed by atoms with Crippen molar-refractivity contribution in [3.8, 4) is 6.07 Å². The Morgan fingerprint density at radius 3 is 2.94 bits per heavy atom. The van der Waals surface area contributed by atoms with E-state index in [0.717, 1.165) is 42.9 Å². The quantitative estimate of drug-likeness (QED) is 0.640. The van der Waals surface area contributed by atoms with Crippen molar-refractivity contribution in [2.24, 2.45) is 11.1 Å². The largest absolute Gasteiger partial charge is 0.411 e. The fourth-order valence-corrected chi connectivity index (χ4v) is 2.40. The van der Waals surface area contributed by atoms with E-state index >= 15 is 0 Å². The van der Waals surface area contributed by atoms with Gasteiger partial charge in [0.15, 0.2) is 0 Å². The maximum absolute atomic E-state index is 9.06. The van der Waals surface area contributed by atoms with Crippen LogP contribution in [-0.2, 0) is 6.54 Å². The van der Waals surface area contributed by atoms with E-state index in [1.165, 1.54) is 0 Å². The molecule has 1 N–H and O–H groups in total. The van der Waals surface area contributed by atoms with Gasteiger partial charge in [0.05, 0.1) is 17.3 Å². The molecule has 0 saturated carbocycles. The first-order valence-corrected chi connectivity index (χ1v) is 6.15. The molecule has 1 unspecified atom stereocenters. The molecule has 0 aliphatic carbocycles. The summed E-state index contributed by atoms with van der Waals surface area (Å²) in [5.74, 6) is 0.276. The Morgan fingerprint density at radius 2 is 2.28 bits per heavy atom. The molecule has 94 valence electrons. The van der Waals surface area contributed by atoms with Crippen LogP contribution >= 0.6 is 0 Å². The minimum absolute atomic E-state index is 0.276. The van der Waals surface area contributed by atoms with Gasteiger partial charge >= 0.3 is 0 Å². The summed E-state index contributed by atoms with van der Waals surface area (Å²) >= 11 is 0. The van der Waals surface area contributed by atoms with Crippen molar-refractivity contribution < 1.29 is 5.21 Å². The van der Waals surface area contributed by atoms with E-state index in [0.29, 0.717) is 0 Å². The van der Waals surface area contributed by atoms with E-state index in [2.05, 4.69) is 23.0 Å². The Bertz CT molecular complexity index is 490. The van der Waals surface area contributed by atoms with Crippen LogP contribution in [0.5, 0.6) is 0 Å². The molecule has 18 heavy (non-hydrogen) atoms. The number of hydrogen-bond acceptors (Lipinski definition) is 4. The third-order valence-corrected chi connectivity index (χ3v) is 3.45. The molecule has 1 saturated heterocycles. The van der Waals surface area contributed by atoms with Crippen LogP contribution in [-0.4, -0.2) is 28.9 Å². The van der Waals surface area contributed by atoms with Crippen molar-refractivity contribution in [3.63, 3.8) is 0 Å². The molecule has 2 rings (SSSR count). The first kappa shape index (κ1) is 12.6. The van der Waals surface area contributed by atoms with Gasteiger partial charge in [-0.1, -0.05) is 30.3 Å². The Labute approximate surface area is 107 Å². The van der Waals surface area contributed by atoms with Gasteiger partial charge < -0.3 is 5.21 Å². The summed E-state index contributed by atoms with van der Waals surface area (Å²) in [6.07, 6.45) is 0.798. The molecular weight excluding hydrogens is 226 g/mol. The second-order valence-corrected chi connectivity index (χ2v) is 4.75. The van der Waals surface area contributed by atoms with Crippen molar-refractivity contribution in [2.45, 2.75) is 19.9 Å². The molecule has 1 aromatic rings. The van der Waals surface area contributed by atoms with Gasteiger partial charge in [0.2, 0.25) is 0 Å². The van der Waals surface area contributed by atoms with Crippen LogP contribution < -0.4 is 0 Å². The molecule has 0 radical (unpaired) electrons. The number of benzene rings is 1. The van der Waals surface area contributed by atoms with Crippen molar-refractivity contribution in [1.82, 2.24) is 4.90 Å². The second kappa shape index (κ2) is 5.65. The summed E-state index contributed by atoms with van der Waals surface area (Å²) in [7, 11) is 0. The Balaban J connectivity index is 2.05. The molecule has 4 heteroatoms. The normalized spacial score (nSPS) is 22.9. The SMILES string of the molecule is CC1CN(Cc2ccccc2C#N)CC/C1=N\O. The third-order valence-electron chi connectivity index (χ3n) is 3.45. The summed E-state index contributed by atoms with van der Waals surface area (Å²) in [5.41, 5.74) is 2.68. The molecule has 1 aliphatic rings. The number of nitriles is 1. The smallest absolute Gasteiger partial charge is 0.0995 e. The minimum atomic E-state index is 0.276. The van der Waals surface area contributed by atoms with Gasteiger partial charge in [-0.2, -0.15) is 5.26 Å². The molecule has 4 nitrogen and oxygen atoms in total. The lowest BCUT2D eigenvalue weighted by atomic mass is 9.97. The van der Waals surface area contributed by atoms with Crippen molar-refractivity contribution >= 4 is 5.71 Å². The number of nitrogens with zero attached hydrogens (tertiary/aromatic N) is 3. The van der Waals surface area contributed by atoms with Crippen LogP contribution in [0.2, 0.25) is 0 Å². The fourth-order valence-electron chi connectivity index (χ4n) is 2.40. The van der Waals surface area contributed by atoms with Gasteiger partial charge in [0.1, 0.15) is 0 Å². The zero-order chi connectivity index (χ0) is 13.0. The van der Waals surface area contributed by atoms with Crippen LogP contribution in [0.3, 0.4) is 0 Å². The van der Waals surface area contributed by atoms with Gasteiger partial charge in [0.25, 0.3) is 0 Å². The zero-order valence-electron chi connectivity index (χ0n) is 10.5. The molecule has 1 aromatic carbocycles. The highest BCUT2D eigenvalue weighted by Gasteiger charge is 2.22. The van der Waals surface area contributed by atoms with Crippen LogP contribution in [0.1, 0.15) is 24.5 Å². The highest BCUT2D eigenvalue weighted by Crippen LogP contribution is 2.18. The standard InChI is InChI=1S/C14H17N3O/c1-11-9-17(7-6-14(11)16-18)10-13-5-3-2-4-12(13)8-15/h2-5,11,18H,6-7,9-10H2,1H3/b16-14+. The summed E-state index contributed by atoms with van der Waals surface area (Å²) < 4.78 is 0. The number of rotatable bonds is 2. The van der Waals surface area contributed by atoms with Gasteiger partial charge in [0, 0.05) is 32.0 Å². The van der Waals surface area contributed by atoms with E-state index in [9.17, 15) is 0 Å². The molecule has 1 atom stereocenters. The topological polar surface area (TPSA) is 59.6 Å².